The summed E-state index contributed by atoms with van der Waals surface area (Å²) in [5.74, 6) is 0.208. The third kappa shape index (κ3) is 4.58. The number of morpholine rings is 1. The Balaban J connectivity index is 1.98. The molecule has 2 aliphatic rings. The molecule has 1 aromatic carbocycles. The molecular formula is C19H25N3O5. The third-order valence-corrected chi connectivity index (χ3v) is 4.56. The molecule has 8 nitrogen and oxygen atoms in total. The summed E-state index contributed by atoms with van der Waals surface area (Å²) < 4.78 is 15.9. The van der Waals surface area contributed by atoms with Crippen LogP contribution in [0.25, 0.3) is 0 Å². The normalized spacial score (nSPS) is 20.7. The standard InChI is InChI=1S/C19H25N3O5/c1-3-27-18(23)16-15(12-22-7-9-26-10-8-22)20-19(24)21-17(16)13-5-4-6-14(11-13)25-2/h4-6,11,17H,3,7-10,12H2,1-2H3,(H2,20,21,24). The van der Waals surface area contributed by atoms with Gasteiger partial charge >= 0.3 is 12.0 Å². The van der Waals surface area contributed by atoms with Gasteiger partial charge in [-0.3, -0.25) is 4.90 Å². The average Bonchev–Trinajstić information content (AvgIpc) is 2.68. The van der Waals surface area contributed by atoms with E-state index in [0.717, 1.165) is 18.7 Å². The zero-order valence-electron chi connectivity index (χ0n) is 15.6. The zero-order chi connectivity index (χ0) is 19.2. The van der Waals surface area contributed by atoms with Crippen molar-refractivity contribution in [3.8, 4) is 5.75 Å². The van der Waals surface area contributed by atoms with Gasteiger partial charge in [0.2, 0.25) is 0 Å². The highest BCUT2D eigenvalue weighted by atomic mass is 16.5. The van der Waals surface area contributed by atoms with Crippen molar-refractivity contribution in [1.82, 2.24) is 15.5 Å². The summed E-state index contributed by atoms with van der Waals surface area (Å²) in [4.78, 5) is 27.2. The Kier molecular flexibility index (Phi) is 6.31. The molecule has 146 valence electrons. The van der Waals surface area contributed by atoms with Crippen LogP contribution in [0.4, 0.5) is 4.79 Å². The van der Waals surface area contributed by atoms with Crippen molar-refractivity contribution in [2.75, 3.05) is 46.6 Å². The van der Waals surface area contributed by atoms with E-state index in [4.69, 9.17) is 14.2 Å². The molecule has 2 N–H and O–H groups in total. The van der Waals surface area contributed by atoms with Crippen LogP contribution in [0.1, 0.15) is 18.5 Å². The first-order chi connectivity index (χ1) is 13.1. The fourth-order valence-electron chi connectivity index (χ4n) is 3.25. The Morgan fingerprint density at radius 3 is 2.81 bits per heavy atom. The van der Waals surface area contributed by atoms with Crippen LogP contribution in [0.3, 0.4) is 0 Å². The number of hydrogen-bond acceptors (Lipinski definition) is 6. The molecule has 3 rings (SSSR count). The maximum absolute atomic E-state index is 12.7. The van der Waals surface area contributed by atoms with Gasteiger partial charge in [0, 0.05) is 25.3 Å². The number of nitrogens with zero attached hydrogens (tertiary/aromatic N) is 1. The van der Waals surface area contributed by atoms with Gasteiger partial charge in [-0.1, -0.05) is 12.1 Å². The number of urea groups is 1. The molecule has 8 heteroatoms. The van der Waals surface area contributed by atoms with E-state index in [9.17, 15) is 9.59 Å². The van der Waals surface area contributed by atoms with Crippen molar-refractivity contribution < 1.29 is 23.8 Å². The largest absolute Gasteiger partial charge is 0.497 e. The summed E-state index contributed by atoms with van der Waals surface area (Å²) in [5, 5.41) is 5.63. The molecule has 1 fully saturated rings. The molecule has 0 aliphatic carbocycles. The van der Waals surface area contributed by atoms with Gasteiger partial charge in [0.1, 0.15) is 5.75 Å². The van der Waals surface area contributed by atoms with Crippen LogP contribution in [0.5, 0.6) is 5.75 Å². The van der Waals surface area contributed by atoms with Gasteiger partial charge in [-0.2, -0.15) is 0 Å². The first-order valence-corrected chi connectivity index (χ1v) is 9.04. The molecule has 2 heterocycles. The Morgan fingerprint density at radius 1 is 1.33 bits per heavy atom. The van der Waals surface area contributed by atoms with Crippen LogP contribution in [0.2, 0.25) is 0 Å². The highest BCUT2D eigenvalue weighted by Crippen LogP contribution is 2.30. The molecule has 1 unspecified atom stereocenters. The quantitative estimate of drug-likeness (QED) is 0.727. The van der Waals surface area contributed by atoms with E-state index < -0.39 is 12.0 Å². The lowest BCUT2D eigenvalue weighted by Crippen LogP contribution is -2.49. The molecule has 27 heavy (non-hydrogen) atoms. The zero-order valence-corrected chi connectivity index (χ0v) is 15.6. The van der Waals surface area contributed by atoms with Gasteiger partial charge < -0.3 is 24.8 Å². The lowest BCUT2D eigenvalue weighted by Gasteiger charge is -2.33. The van der Waals surface area contributed by atoms with E-state index in [0.29, 0.717) is 36.8 Å². The van der Waals surface area contributed by atoms with Crippen LogP contribution in [-0.2, 0) is 14.3 Å². The number of ether oxygens (including phenoxy) is 3. The average molecular weight is 375 g/mol. The number of esters is 1. The Hall–Kier alpha value is -2.58. The van der Waals surface area contributed by atoms with Crippen LogP contribution < -0.4 is 15.4 Å². The second-order valence-corrected chi connectivity index (χ2v) is 6.31. The van der Waals surface area contributed by atoms with Gasteiger partial charge in [-0.05, 0) is 24.6 Å². The molecule has 0 spiro atoms. The third-order valence-electron chi connectivity index (χ3n) is 4.56. The van der Waals surface area contributed by atoms with Crippen molar-refractivity contribution in [2.24, 2.45) is 0 Å². The van der Waals surface area contributed by atoms with Gasteiger partial charge in [0.15, 0.2) is 0 Å². The number of benzene rings is 1. The molecule has 1 saturated heterocycles. The maximum Gasteiger partial charge on any atom is 0.338 e. The second-order valence-electron chi connectivity index (χ2n) is 6.31. The van der Waals surface area contributed by atoms with E-state index in [-0.39, 0.29) is 12.6 Å². The van der Waals surface area contributed by atoms with Crippen LogP contribution in [0, 0.1) is 0 Å². The van der Waals surface area contributed by atoms with E-state index in [2.05, 4.69) is 15.5 Å². The van der Waals surface area contributed by atoms with E-state index in [1.54, 1.807) is 14.0 Å². The lowest BCUT2D eigenvalue weighted by molar-refractivity contribution is -0.139. The van der Waals surface area contributed by atoms with Gasteiger partial charge in [-0.25, -0.2) is 9.59 Å². The first kappa shape index (κ1) is 19.2. The molecule has 0 saturated carbocycles. The Bertz CT molecular complexity index is 728. The van der Waals surface area contributed by atoms with Gasteiger partial charge in [0.05, 0.1) is 38.5 Å². The fourth-order valence-corrected chi connectivity index (χ4v) is 3.25. The molecule has 0 radical (unpaired) electrons. The van der Waals surface area contributed by atoms with Crippen molar-refractivity contribution in [1.29, 1.82) is 0 Å². The minimum absolute atomic E-state index is 0.256. The fraction of sp³-hybridized carbons (Fsp3) is 0.474. The van der Waals surface area contributed by atoms with Crippen molar-refractivity contribution >= 4 is 12.0 Å². The smallest absolute Gasteiger partial charge is 0.338 e. The molecule has 1 aromatic rings. The molecule has 2 aliphatic heterocycles. The topological polar surface area (TPSA) is 89.1 Å². The monoisotopic (exact) mass is 375 g/mol. The number of amides is 2. The summed E-state index contributed by atoms with van der Waals surface area (Å²) in [7, 11) is 1.58. The SMILES string of the molecule is CCOC(=O)C1=C(CN2CCOCC2)NC(=O)NC1c1cccc(OC)c1. The van der Waals surface area contributed by atoms with E-state index in [1.165, 1.54) is 0 Å². The second kappa shape index (κ2) is 8.88. The molecular weight excluding hydrogens is 350 g/mol. The number of carbonyl (C=O) groups excluding carboxylic acids is 2. The molecule has 2 amide bonds. The van der Waals surface area contributed by atoms with Gasteiger partial charge in [-0.15, -0.1) is 0 Å². The summed E-state index contributed by atoms with van der Waals surface area (Å²) in [6.07, 6.45) is 0. The number of methoxy groups -OCH3 is 1. The first-order valence-electron chi connectivity index (χ1n) is 9.04. The van der Waals surface area contributed by atoms with Gasteiger partial charge in [0.25, 0.3) is 0 Å². The summed E-state index contributed by atoms with van der Waals surface area (Å²) >= 11 is 0. The molecule has 0 bridgehead atoms. The van der Waals surface area contributed by atoms with Crippen molar-refractivity contribution in [3.05, 3.63) is 41.1 Å². The predicted octanol–water partition coefficient (Wildman–Crippen LogP) is 1.20. The van der Waals surface area contributed by atoms with Crippen LogP contribution in [-0.4, -0.2) is 63.5 Å². The minimum Gasteiger partial charge on any atom is -0.497 e. The summed E-state index contributed by atoms with van der Waals surface area (Å²) in [5.41, 5.74) is 1.73. The Morgan fingerprint density at radius 2 is 2.11 bits per heavy atom. The highest BCUT2D eigenvalue weighted by Gasteiger charge is 2.34. The highest BCUT2D eigenvalue weighted by molar-refractivity contribution is 5.95. The minimum atomic E-state index is -0.607. The van der Waals surface area contributed by atoms with Crippen LogP contribution >= 0.6 is 0 Å². The number of rotatable bonds is 6. The number of hydrogen-bond donors (Lipinski definition) is 2. The summed E-state index contributed by atoms with van der Waals surface area (Å²) in [6.45, 7) is 5.22. The predicted molar refractivity (Wildman–Crippen MR) is 98.3 cm³/mol. The van der Waals surface area contributed by atoms with Crippen molar-refractivity contribution in [2.45, 2.75) is 13.0 Å². The van der Waals surface area contributed by atoms with Crippen LogP contribution in [0.15, 0.2) is 35.5 Å². The Labute approximate surface area is 158 Å². The maximum atomic E-state index is 12.7. The number of carbonyl (C=O) groups is 2. The number of nitrogens with one attached hydrogen (secondary N) is 2. The molecule has 1 atom stereocenters. The van der Waals surface area contributed by atoms with E-state index in [1.807, 2.05) is 24.3 Å². The summed E-state index contributed by atoms with van der Waals surface area (Å²) in [6, 6.07) is 6.34. The van der Waals surface area contributed by atoms with Crippen molar-refractivity contribution in [3.63, 3.8) is 0 Å². The molecule has 0 aromatic heterocycles. The lowest BCUT2D eigenvalue weighted by atomic mass is 9.94. The van der Waals surface area contributed by atoms with E-state index >= 15 is 0 Å².